The van der Waals surface area contributed by atoms with E-state index < -0.39 is 0 Å². The van der Waals surface area contributed by atoms with Crippen LogP contribution >= 0.6 is 11.6 Å². The molecule has 0 bridgehead atoms. The average molecular weight is 279 g/mol. The van der Waals surface area contributed by atoms with Crippen molar-refractivity contribution in [1.29, 1.82) is 0 Å². The molecule has 2 N–H and O–H groups in total. The second-order valence-electron chi connectivity index (χ2n) is 5.53. The summed E-state index contributed by atoms with van der Waals surface area (Å²) < 4.78 is 5.96. The molecule has 0 aliphatic heterocycles. The molecule has 19 heavy (non-hydrogen) atoms. The fourth-order valence-corrected chi connectivity index (χ4v) is 3.20. The van der Waals surface area contributed by atoms with Gasteiger partial charge in [0.1, 0.15) is 5.52 Å². The number of aromatic nitrogens is 1. The summed E-state index contributed by atoms with van der Waals surface area (Å²) in [6.45, 7) is 0.605. The van der Waals surface area contributed by atoms with Crippen LogP contribution in [-0.2, 0) is 5.41 Å². The zero-order valence-electron chi connectivity index (χ0n) is 11.0. The summed E-state index contributed by atoms with van der Waals surface area (Å²) >= 11 is 6.00. The summed E-state index contributed by atoms with van der Waals surface area (Å²) in [5, 5.41) is 0.690. The molecular weight excluding hydrogens is 260 g/mol. The van der Waals surface area contributed by atoms with E-state index in [4.69, 9.17) is 21.8 Å². The second kappa shape index (κ2) is 5.14. The number of halogens is 1. The van der Waals surface area contributed by atoms with Crippen molar-refractivity contribution in [2.75, 3.05) is 6.54 Å². The van der Waals surface area contributed by atoms with Crippen LogP contribution in [-0.4, -0.2) is 11.5 Å². The molecule has 3 rings (SSSR count). The van der Waals surface area contributed by atoms with Crippen LogP contribution in [0.5, 0.6) is 0 Å². The molecule has 1 aromatic heterocycles. The smallest absolute Gasteiger partial charge is 0.202 e. The molecule has 4 heteroatoms. The van der Waals surface area contributed by atoms with Crippen LogP contribution in [0.25, 0.3) is 11.1 Å². The van der Waals surface area contributed by atoms with E-state index in [1.807, 2.05) is 18.2 Å². The van der Waals surface area contributed by atoms with Crippen LogP contribution in [0.2, 0.25) is 5.02 Å². The van der Waals surface area contributed by atoms with Gasteiger partial charge in [-0.15, -0.1) is 0 Å². The summed E-state index contributed by atoms with van der Waals surface area (Å²) in [5.74, 6) is 0.800. The number of nitrogens with zero attached hydrogens (tertiary/aromatic N) is 1. The normalized spacial score (nSPS) is 19.5. The number of nitrogens with two attached hydrogens (primary N) is 1. The first-order valence-electron chi connectivity index (χ1n) is 7.00. The lowest BCUT2D eigenvalue weighted by Gasteiger charge is -2.27. The lowest BCUT2D eigenvalue weighted by atomic mass is 9.80. The van der Waals surface area contributed by atoms with Gasteiger partial charge in [-0.05, 0) is 31.0 Å². The number of rotatable bonds is 2. The molecule has 0 amide bonds. The Hall–Kier alpha value is -1.06. The maximum absolute atomic E-state index is 6.07. The first kappa shape index (κ1) is 12.9. The maximum Gasteiger partial charge on any atom is 0.202 e. The molecule has 1 heterocycles. The quantitative estimate of drug-likeness (QED) is 0.844. The van der Waals surface area contributed by atoms with Gasteiger partial charge in [0.15, 0.2) is 5.58 Å². The average Bonchev–Trinajstić information content (AvgIpc) is 2.69. The van der Waals surface area contributed by atoms with Crippen molar-refractivity contribution in [3.63, 3.8) is 0 Å². The third-order valence-corrected chi connectivity index (χ3v) is 4.49. The predicted octanol–water partition coefficient (Wildman–Crippen LogP) is 4.03. The predicted molar refractivity (Wildman–Crippen MR) is 77.5 cm³/mol. The SMILES string of the molecule is NCC1(c2nc3cc(Cl)ccc3o2)CCCCCC1. The molecule has 1 aliphatic rings. The third kappa shape index (κ3) is 2.37. The van der Waals surface area contributed by atoms with Gasteiger partial charge in [0.2, 0.25) is 5.89 Å². The summed E-state index contributed by atoms with van der Waals surface area (Å²) in [7, 11) is 0. The van der Waals surface area contributed by atoms with Crippen molar-refractivity contribution in [3.05, 3.63) is 29.1 Å². The first-order valence-corrected chi connectivity index (χ1v) is 7.38. The van der Waals surface area contributed by atoms with Crippen molar-refractivity contribution < 1.29 is 4.42 Å². The van der Waals surface area contributed by atoms with Crippen molar-refractivity contribution in [2.45, 2.75) is 43.9 Å². The van der Waals surface area contributed by atoms with Crippen molar-refractivity contribution in [1.82, 2.24) is 4.98 Å². The highest BCUT2D eigenvalue weighted by Crippen LogP contribution is 2.38. The van der Waals surface area contributed by atoms with Gasteiger partial charge >= 0.3 is 0 Å². The highest BCUT2D eigenvalue weighted by atomic mass is 35.5. The Labute approximate surface area is 118 Å². The highest BCUT2D eigenvalue weighted by molar-refractivity contribution is 6.31. The van der Waals surface area contributed by atoms with Gasteiger partial charge in [-0.1, -0.05) is 37.3 Å². The van der Waals surface area contributed by atoms with E-state index in [-0.39, 0.29) is 5.41 Å². The molecule has 1 saturated carbocycles. The summed E-state index contributed by atoms with van der Waals surface area (Å²) in [4.78, 5) is 4.65. The molecule has 0 radical (unpaired) electrons. The summed E-state index contributed by atoms with van der Waals surface area (Å²) in [6.07, 6.45) is 7.13. The number of benzene rings is 1. The minimum atomic E-state index is -0.0814. The molecule has 1 fully saturated rings. The Morgan fingerprint density at radius 2 is 1.95 bits per heavy atom. The highest BCUT2D eigenvalue weighted by Gasteiger charge is 2.36. The van der Waals surface area contributed by atoms with Crippen molar-refractivity contribution >= 4 is 22.7 Å². The van der Waals surface area contributed by atoms with Gasteiger partial charge in [0.05, 0.1) is 5.41 Å². The maximum atomic E-state index is 6.07. The van der Waals surface area contributed by atoms with E-state index in [0.717, 1.165) is 29.8 Å². The molecule has 0 spiro atoms. The Kier molecular flexibility index (Phi) is 3.50. The van der Waals surface area contributed by atoms with Gasteiger partial charge in [0.25, 0.3) is 0 Å². The van der Waals surface area contributed by atoms with E-state index in [9.17, 15) is 0 Å². The second-order valence-corrected chi connectivity index (χ2v) is 5.97. The van der Waals surface area contributed by atoms with E-state index in [1.165, 1.54) is 25.7 Å². The van der Waals surface area contributed by atoms with Crippen LogP contribution < -0.4 is 5.73 Å². The van der Waals surface area contributed by atoms with Gasteiger partial charge in [-0.3, -0.25) is 0 Å². The lowest BCUT2D eigenvalue weighted by molar-refractivity contribution is 0.300. The van der Waals surface area contributed by atoms with Crippen molar-refractivity contribution in [2.24, 2.45) is 5.73 Å². The Morgan fingerprint density at radius 1 is 1.21 bits per heavy atom. The topological polar surface area (TPSA) is 52.0 Å². The number of hydrogen-bond donors (Lipinski definition) is 1. The van der Waals surface area contributed by atoms with Gasteiger partial charge in [0, 0.05) is 11.6 Å². The monoisotopic (exact) mass is 278 g/mol. The number of hydrogen-bond acceptors (Lipinski definition) is 3. The fourth-order valence-electron chi connectivity index (χ4n) is 3.04. The van der Waals surface area contributed by atoms with Crippen molar-refractivity contribution in [3.8, 4) is 0 Å². The molecule has 1 aromatic carbocycles. The van der Waals surface area contributed by atoms with E-state index in [1.54, 1.807) is 0 Å². The molecular formula is C15H19ClN2O. The fraction of sp³-hybridized carbons (Fsp3) is 0.533. The minimum Gasteiger partial charge on any atom is -0.440 e. The zero-order valence-corrected chi connectivity index (χ0v) is 11.7. The van der Waals surface area contributed by atoms with Crippen LogP contribution in [0.15, 0.2) is 22.6 Å². The Morgan fingerprint density at radius 3 is 2.63 bits per heavy atom. The molecule has 2 aromatic rings. The van der Waals surface area contributed by atoms with Crippen LogP contribution in [0.4, 0.5) is 0 Å². The van der Waals surface area contributed by atoms with Gasteiger partial charge in [-0.2, -0.15) is 0 Å². The van der Waals surface area contributed by atoms with Crippen LogP contribution in [0.3, 0.4) is 0 Å². The van der Waals surface area contributed by atoms with Gasteiger partial charge in [-0.25, -0.2) is 4.98 Å². The van der Waals surface area contributed by atoms with E-state index >= 15 is 0 Å². The van der Waals surface area contributed by atoms with E-state index in [0.29, 0.717) is 11.6 Å². The van der Waals surface area contributed by atoms with Crippen LogP contribution in [0.1, 0.15) is 44.4 Å². The van der Waals surface area contributed by atoms with Gasteiger partial charge < -0.3 is 10.2 Å². The largest absolute Gasteiger partial charge is 0.440 e. The Balaban J connectivity index is 2.04. The third-order valence-electron chi connectivity index (χ3n) is 4.25. The molecule has 0 atom stereocenters. The summed E-state index contributed by atoms with van der Waals surface area (Å²) in [5.41, 5.74) is 7.62. The summed E-state index contributed by atoms with van der Waals surface area (Å²) in [6, 6.07) is 5.57. The first-order chi connectivity index (χ1) is 9.23. The number of fused-ring (bicyclic) bond motifs is 1. The molecule has 3 nitrogen and oxygen atoms in total. The van der Waals surface area contributed by atoms with Crippen LogP contribution in [0, 0.1) is 0 Å². The standard InChI is InChI=1S/C15H19ClN2O/c16-11-5-6-13-12(9-11)18-14(19-13)15(10-17)7-3-1-2-4-8-15/h5-6,9H,1-4,7-8,10,17H2. The molecule has 102 valence electrons. The lowest BCUT2D eigenvalue weighted by Crippen LogP contribution is -2.35. The zero-order chi connectivity index (χ0) is 13.3. The minimum absolute atomic E-state index is 0.0814. The number of oxazole rings is 1. The molecule has 0 unspecified atom stereocenters. The Bertz CT molecular complexity index is 571. The molecule has 1 aliphatic carbocycles. The molecule has 0 saturated heterocycles. The van der Waals surface area contributed by atoms with E-state index in [2.05, 4.69) is 4.98 Å².